The molecule has 2 heterocycles. The van der Waals surface area contributed by atoms with Gasteiger partial charge >= 0.3 is 0 Å². The molecule has 5 heteroatoms. The van der Waals surface area contributed by atoms with Gasteiger partial charge in [-0.15, -0.1) is 0 Å². The Hall–Kier alpha value is -2.56. The molecular weight excluding hydrogens is 250 g/mol. The molecule has 0 saturated carbocycles. The van der Waals surface area contributed by atoms with Gasteiger partial charge in [-0.1, -0.05) is 6.07 Å². The topological polar surface area (TPSA) is 68.8 Å². The second-order valence-corrected chi connectivity index (χ2v) is 4.82. The van der Waals surface area contributed by atoms with Crippen LogP contribution < -0.4 is 11.1 Å². The molecule has 0 aliphatic rings. The second kappa shape index (κ2) is 5.21. The average Bonchev–Trinajstić information content (AvgIpc) is 2.87. The van der Waals surface area contributed by atoms with Crippen LogP contribution in [-0.2, 0) is 13.5 Å². The van der Waals surface area contributed by atoms with E-state index in [2.05, 4.69) is 15.4 Å². The Bertz CT molecular complexity index is 732. The standard InChI is InChI=1S/C15H17N5/c1-20-10-11(8-19-20)4-7-18-14-3-2-12-9-17-6-5-13(12)15(14)16/h2-3,5-6,8-10,18H,4,7,16H2,1H3. The molecular formula is C15H17N5. The highest BCUT2D eigenvalue weighted by atomic mass is 15.2. The number of nitrogens with zero attached hydrogens (tertiary/aromatic N) is 3. The molecule has 0 saturated heterocycles. The van der Waals surface area contributed by atoms with Crippen LogP contribution in [0, 0.1) is 0 Å². The normalized spacial score (nSPS) is 10.8. The highest BCUT2D eigenvalue weighted by Crippen LogP contribution is 2.27. The van der Waals surface area contributed by atoms with Crippen molar-refractivity contribution in [3.63, 3.8) is 0 Å². The summed E-state index contributed by atoms with van der Waals surface area (Å²) in [4.78, 5) is 4.10. The Morgan fingerprint density at radius 2 is 2.15 bits per heavy atom. The zero-order valence-corrected chi connectivity index (χ0v) is 11.4. The van der Waals surface area contributed by atoms with Gasteiger partial charge in [0, 0.05) is 43.0 Å². The first-order valence-electron chi connectivity index (χ1n) is 6.57. The fraction of sp³-hybridized carbons (Fsp3) is 0.200. The van der Waals surface area contributed by atoms with Crippen LogP contribution in [0.25, 0.3) is 10.8 Å². The van der Waals surface area contributed by atoms with Crippen LogP contribution >= 0.6 is 0 Å². The Morgan fingerprint density at radius 3 is 2.95 bits per heavy atom. The summed E-state index contributed by atoms with van der Waals surface area (Å²) in [6, 6.07) is 5.98. The molecule has 2 aromatic heterocycles. The molecule has 0 bridgehead atoms. The third-order valence-electron chi connectivity index (χ3n) is 3.35. The van der Waals surface area contributed by atoms with E-state index < -0.39 is 0 Å². The number of rotatable bonds is 4. The lowest BCUT2D eigenvalue weighted by Crippen LogP contribution is -2.06. The molecule has 0 unspecified atom stereocenters. The van der Waals surface area contributed by atoms with Crippen molar-refractivity contribution in [2.24, 2.45) is 7.05 Å². The average molecular weight is 267 g/mol. The number of aryl methyl sites for hydroxylation is 1. The zero-order valence-electron chi connectivity index (χ0n) is 11.4. The summed E-state index contributed by atoms with van der Waals surface area (Å²) in [6.07, 6.45) is 8.42. The van der Waals surface area contributed by atoms with Gasteiger partial charge in [0.05, 0.1) is 17.6 Å². The number of fused-ring (bicyclic) bond motifs is 1. The molecule has 0 spiro atoms. The molecule has 0 amide bonds. The van der Waals surface area contributed by atoms with Crippen molar-refractivity contribution in [2.75, 3.05) is 17.6 Å². The van der Waals surface area contributed by atoms with Crippen LogP contribution in [0.2, 0.25) is 0 Å². The van der Waals surface area contributed by atoms with Crippen molar-refractivity contribution in [1.82, 2.24) is 14.8 Å². The Kier molecular flexibility index (Phi) is 3.25. The van der Waals surface area contributed by atoms with Gasteiger partial charge in [0.2, 0.25) is 0 Å². The van der Waals surface area contributed by atoms with Crippen molar-refractivity contribution < 1.29 is 0 Å². The van der Waals surface area contributed by atoms with Crippen molar-refractivity contribution in [3.8, 4) is 0 Å². The van der Waals surface area contributed by atoms with E-state index in [1.54, 1.807) is 6.20 Å². The van der Waals surface area contributed by atoms with Crippen LogP contribution in [-0.4, -0.2) is 21.3 Å². The van der Waals surface area contributed by atoms with Crippen LogP contribution in [0.4, 0.5) is 11.4 Å². The van der Waals surface area contributed by atoms with E-state index in [4.69, 9.17) is 5.73 Å². The molecule has 3 aromatic rings. The summed E-state index contributed by atoms with van der Waals surface area (Å²) in [6.45, 7) is 0.826. The van der Waals surface area contributed by atoms with E-state index in [-0.39, 0.29) is 0 Å². The fourth-order valence-electron chi connectivity index (χ4n) is 2.29. The summed E-state index contributed by atoms with van der Waals surface area (Å²) in [7, 11) is 1.92. The highest BCUT2D eigenvalue weighted by Gasteiger charge is 2.04. The Labute approximate surface area is 117 Å². The van der Waals surface area contributed by atoms with Crippen molar-refractivity contribution in [1.29, 1.82) is 0 Å². The van der Waals surface area contributed by atoms with Gasteiger partial charge in [-0.3, -0.25) is 9.67 Å². The second-order valence-electron chi connectivity index (χ2n) is 4.82. The molecule has 20 heavy (non-hydrogen) atoms. The molecule has 3 rings (SSSR count). The monoisotopic (exact) mass is 267 g/mol. The smallest absolute Gasteiger partial charge is 0.0630 e. The third kappa shape index (κ3) is 2.42. The summed E-state index contributed by atoms with van der Waals surface area (Å²) >= 11 is 0. The van der Waals surface area contributed by atoms with Crippen LogP contribution in [0.3, 0.4) is 0 Å². The molecule has 0 fully saturated rings. The first-order valence-corrected chi connectivity index (χ1v) is 6.57. The predicted molar refractivity (Wildman–Crippen MR) is 81.6 cm³/mol. The van der Waals surface area contributed by atoms with Gasteiger partial charge in [0.1, 0.15) is 0 Å². The number of nitrogen functional groups attached to an aromatic ring is 1. The minimum Gasteiger partial charge on any atom is -0.397 e. The first-order chi connectivity index (χ1) is 9.74. The quantitative estimate of drug-likeness (QED) is 0.711. The molecule has 0 atom stereocenters. The lowest BCUT2D eigenvalue weighted by atomic mass is 10.1. The number of hydrogen-bond donors (Lipinski definition) is 2. The lowest BCUT2D eigenvalue weighted by Gasteiger charge is -2.11. The summed E-state index contributed by atoms with van der Waals surface area (Å²) in [5.41, 5.74) is 9.15. The molecule has 3 N–H and O–H groups in total. The maximum atomic E-state index is 6.20. The molecule has 102 valence electrons. The lowest BCUT2D eigenvalue weighted by molar-refractivity contribution is 0.767. The maximum Gasteiger partial charge on any atom is 0.0630 e. The van der Waals surface area contributed by atoms with Gasteiger partial charge < -0.3 is 11.1 Å². The zero-order chi connectivity index (χ0) is 13.9. The fourth-order valence-corrected chi connectivity index (χ4v) is 2.29. The van der Waals surface area contributed by atoms with E-state index in [9.17, 15) is 0 Å². The minimum atomic E-state index is 0.774. The maximum absolute atomic E-state index is 6.20. The minimum absolute atomic E-state index is 0.774. The number of nitrogens with two attached hydrogens (primary N) is 1. The molecule has 0 radical (unpaired) electrons. The van der Waals surface area contributed by atoms with E-state index >= 15 is 0 Å². The van der Waals surface area contributed by atoms with Crippen LogP contribution in [0.5, 0.6) is 0 Å². The van der Waals surface area contributed by atoms with E-state index in [1.807, 2.05) is 48.5 Å². The van der Waals surface area contributed by atoms with Crippen molar-refractivity contribution >= 4 is 22.1 Å². The summed E-state index contributed by atoms with van der Waals surface area (Å²) in [5, 5.41) is 9.63. The van der Waals surface area contributed by atoms with Crippen LogP contribution in [0.15, 0.2) is 43.0 Å². The number of nitrogens with one attached hydrogen (secondary N) is 1. The van der Waals surface area contributed by atoms with Crippen molar-refractivity contribution in [2.45, 2.75) is 6.42 Å². The van der Waals surface area contributed by atoms with Gasteiger partial charge in [0.25, 0.3) is 0 Å². The van der Waals surface area contributed by atoms with Crippen molar-refractivity contribution in [3.05, 3.63) is 48.5 Å². The molecule has 0 aliphatic carbocycles. The van der Waals surface area contributed by atoms with Gasteiger partial charge in [-0.25, -0.2) is 0 Å². The number of aromatic nitrogens is 3. The molecule has 1 aromatic carbocycles. The third-order valence-corrected chi connectivity index (χ3v) is 3.35. The number of pyridine rings is 1. The number of hydrogen-bond acceptors (Lipinski definition) is 4. The van der Waals surface area contributed by atoms with Gasteiger partial charge in [-0.05, 0) is 24.1 Å². The molecule has 5 nitrogen and oxygen atoms in total. The van der Waals surface area contributed by atoms with E-state index in [1.165, 1.54) is 5.56 Å². The van der Waals surface area contributed by atoms with Crippen LogP contribution in [0.1, 0.15) is 5.56 Å². The van der Waals surface area contributed by atoms with Gasteiger partial charge in [-0.2, -0.15) is 5.10 Å². The number of benzene rings is 1. The Balaban J connectivity index is 1.73. The van der Waals surface area contributed by atoms with Gasteiger partial charge in [0.15, 0.2) is 0 Å². The van der Waals surface area contributed by atoms with E-state index in [0.29, 0.717) is 0 Å². The summed E-state index contributed by atoms with van der Waals surface area (Å²) in [5.74, 6) is 0. The Morgan fingerprint density at radius 1 is 1.25 bits per heavy atom. The highest BCUT2D eigenvalue weighted by molar-refractivity contribution is 5.98. The first kappa shape index (κ1) is 12.5. The predicted octanol–water partition coefficient (Wildman–Crippen LogP) is 2.21. The largest absolute Gasteiger partial charge is 0.397 e. The molecule has 0 aliphatic heterocycles. The summed E-state index contributed by atoms with van der Waals surface area (Å²) < 4.78 is 1.81. The SMILES string of the molecule is Cn1cc(CCNc2ccc3cnccc3c2N)cn1. The number of anilines is 2. The van der Waals surface area contributed by atoms with E-state index in [0.717, 1.165) is 35.1 Å².